The third-order valence-electron chi connectivity index (χ3n) is 6.16. The van der Waals surface area contributed by atoms with Gasteiger partial charge in [0.25, 0.3) is 5.91 Å². The molecule has 1 saturated heterocycles. The van der Waals surface area contributed by atoms with Gasteiger partial charge in [-0.3, -0.25) is 9.48 Å². The lowest BCUT2D eigenvalue weighted by atomic mass is 9.93. The highest BCUT2D eigenvalue weighted by atomic mass is 79.9. The summed E-state index contributed by atoms with van der Waals surface area (Å²) in [7, 11) is 3.96. The van der Waals surface area contributed by atoms with Gasteiger partial charge in [-0.1, -0.05) is 0 Å². The molecule has 5 rings (SSSR count). The lowest BCUT2D eigenvalue weighted by Gasteiger charge is -2.34. The lowest BCUT2D eigenvalue weighted by molar-refractivity contribution is 0.0994. The van der Waals surface area contributed by atoms with E-state index in [4.69, 9.17) is 10.7 Å². The molecule has 0 bridgehead atoms. The van der Waals surface area contributed by atoms with Crippen LogP contribution in [0, 0.1) is 0 Å². The molecule has 3 N–H and O–H groups in total. The van der Waals surface area contributed by atoms with E-state index in [9.17, 15) is 4.79 Å². The summed E-state index contributed by atoms with van der Waals surface area (Å²) >= 11 is 3.73. The van der Waals surface area contributed by atoms with E-state index in [-0.39, 0.29) is 0 Å². The van der Waals surface area contributed by atoms with Crippen molar-refractivity contribution in [2.75, 3.05) is 43.4 Å². The summed E-state index contributed by atoms with van der Waals surface area (Å²) in [6, 6.07) is 6.22. The van der Waals surface area contributed by atoms with E-state index in [1.165, 1.54) is 5.69 Å². The monoisotopic (exact) mass is 496 g/mol. The number of carbonyl (C=O) groups excluding carboxylic acids is 1. The maximum atomic E-state index is 11.8. The number of hydrogen-bond acceptors (Lipinski definition) is 7. The summed E-state index contributed by atoms with van der Waals surface area (Å²) in [6.45, 7) is 4.14. The molecule has 3 heterocycles. The Morgan fingerprint density at radius 3 is 2.66 bits per heavy atom. The molecular formula is C22H25BrN8O. The Kier molecular flexibility index (Phi) is 5.34. The average molecular weight is 497 g/mol. The molecule has 1 fully saturated rings. The molecule has 10 heteroatoms. The SMILES string of the molecule is CN1CCN(c2ccc(Nc3ncc4c(n3)-c3c(c(C(N)=O)nn3C)CC4)cc2Br)CC1. The number of halogens is 1. The van der Waals surface area contributed by atoms with Crippen LogP contribution in [0.4, 0.5) is 17.3 Å². The van der Waals surface area contributed by atoms with E-state index in [2.05, 4.69) is 60.3 Å². The summed E-state index contributed by atoms with van der Waals surface area (Å²) in [5.41, 5.74) is 11.4. The first-order chi connectivity index (χ1) is 15.4. The Hall–Kier alpha value is -2.98. The van der Waals surface area contributed by atoms with Crippen molar-refractivity contribution < 1.29 is 4.79 Å². The first-order valence-electron chi connectivity index (χ1n) is 10.6. The van der Waals surface area contributed by atoms with E-state index in [0.29, 0.717) is 18.1 Å². The van der Waals surface area contributed by atoms with Gasteiger partial charge in [-0.15, -0.1) is 0 Å². The molecule has 0 spiro atoms. The molecule has 0 atom stereocenters. The molecule has 9 nitrogen and oxygen atoms in total. The van der Waals surface area contributed by atoms with Crippen molar-refractivity contribution in [1.29, 1.82) is 0 Å². The molecule has 0 unspecified atom stereocenters. The molecule has 0 radical (unpaired) electrons. The Labute approximate surface area is 194 Å². The molecule has 2 aliphatic rings. The number of aromatic nitrogens is 4. The summed E-state index contributed by atoms with van der Waals surface area (Å²) in [4.78, 5) is 25.8. The van der Waals surface area contributed by atoms with Crippen LogP contribution in [0.3, 0.4) is 0 Å². The second-order valence-electron chi connectivity index (χ2n) is 8.31. The normalized spacial score (nSPS) is 15.9. The second kappa shape index (κ2) is 8.18. The zero-order chi connectivity index (χ0) is 22.4. The lowest BCUT2D eigenvalue weighted by Crippen LogP contribution is -2.44. The number of benzene rings is 1. The first-order valence-corrected chi connectivity index (χ1v) is 11.4. The van der Waals surface area contributed by atoms with Crippen molar-refractivity contribution in [2.45, 2.75) is 12.8 Å². The fraction of sp³-hybridized carbons (Fsp3) is 0.364. The number of carbonyl (C=O) groups is 1. The number of anilines is 3. The van der Waals surface area contributed by atoms with E-state index >= 15 is 0 Å². The maximum absolute atomic E-state index is 11.8. The minimum Gasteiger partial charge on any atom is -0.368 e. The molecule has 32 heavy (non-hydrogen) atoms. The zero-order valence-corrected chi connectivity index (χ0v) is 19.7. The molecule has 0 saturated carbocycles. The molecule has 1 amide bonds. The number of fused-ring (bicyclic) bond motifs is 3. The fourth-order valence-corrected chi connectivity index (χ4v) is 5.06. The molecule has 1 aliphatic heterocycles. The van der Waals surface area contributed by atoms with Crippen molar-refractivity contribution >= 4 is 39.2 Å². The number of nitrogens with one attached hydrogen (secondary N) is 1. The van der Waals surface area contributed by atoms with Gasteiger partial charge in [-0.2, -0.15) is 5.10 Å². The summed E-state index contributed by atoms with van der Waals surface area (Å²) in [5.74, 6) is -0.0133. The van der Waals surface area contributed by atoms with Crippen molar-refractivity contribution in [3.8, 4) is 11.4 Å². The van der Waals surface area contributed by atoms with Gasteiger partial charge in [-0.25, -0.2) is 9.97 Å². The van der Waals surface area contributed by atoms with E-state index in [1.807, 2.05) is 19.3 Å². The third-order valence-corrected chi connectivity index (χ3v) is 6.79. The van der Waals surface area contributed by atoms with Gasteiger partial charge in [-0.05, 0) is 59.6 Å². The Morgan fingerprint density at radius 1 is 1.16 bits per heavy atom. The van der Waals surface area contributed by atoms with Gasteiger partial charge < -0.3 is 20.9 Å². The van der Waals surface area contributed by atoms with Gasteiger partial charge in [0.1, 0.15) is 0 Å². The molecule has 1 aliphatic carbocycles. The van der Waals surface area contributed by atoms with Gasteiger partial charge in [0.2, 0.25) is 5.95 Å². The highest BCUT2D eigenvalue weighted by Crippen LogP contribution is 2.35. The average Bonchev–Trinajstić information content (AvgIpc) is 3.12. The number of primary amides is 1. The molecule has 2 aromatic heterocycles. The number of amides is 1. The number of hydrogen-bond donors (Lipinski definition) is 2. The van der Waals surface area contributed by atoms with Gasteiger partial charge in [0.15, 0.2) is 5.69 Å². The molecule has 1 aromatic carbocycles. The van der Waals surface area contributed by atoms with E-state index in [1.54, 1.807) is 4.68 Å². The summed E-state index contributed by atoms with van der Waals surface area (Å²) in [6.07, 6.45) is 3.29. The smallest absolute Gasteiger partial charge is 0.269 e. The summed E-state index contributed by atoms with van der Waals surface area (Å²) in [5, 5.41) is 7.63. The van der Waals surface area contributed by atoms with Crippen molar-refractivity contribution in [3.05, 3.63) is 45.7 Å². The molecular weight excluding hydrogens is 472 g/mol. The molecule has 166 valence electrons. The zero-order valence-electron chi connectivity index (χ0n) is 18.1. The van der Waals surface area contributed by atoms with Crippen LogP contribution in [-0.4, -0.2) is 63.8 Å². The number of rotatable bonds is 4. The van der Waals surface area contributed by atoms with Gasteiger partial charge in [0, 0.05) is 55.1 Å². The van der Waals surface area contributed by atoms with Crippen LogP contribution < -0.4 is 16.0 Å². The number of nitrogens with two attached hydrogens (primary N) is 1. The van der Waals surface area contributed by atoms with Crippen LogP contribution in [0.5, 0.6) is 0 Å². The van der Waals surface area contributed by atoms with Crippen LogP contribution in [0.1, 0.15) is 21.6 Å². The van der Waals surface area contributed by atoms with Gasteiger partial charge in [0.05, 0.1) is 17.1 Å². The van der Waals surface area contributed by atoms with Crippen LogP contribution in [0.2, 0.25) is 0 Å². The first kappa shape index (κ1) is 20.9. The predicted octanol–water partition coefficient (Wildman–Crippen LogP) is 2.33. The van der Waals surface area contributed by atoms with E-state index in [0.717, 1.165) is 65.3 Å². The highest BCUT2D eigenvalue weighted by molar-refractivity contribution is 9.10. The van der Waals surface area contributed by atoms with Gasteiger partial charge >= 0.3 is 0 Å². The standard InChI is InChI=1S/C22H25BrN8O/c1-29-7-9-31(10-8-29)17-6-4-14(11-16(17)23)26-22-25-12-13-3-5-15-19(21(24)32)28-30(2)20(15)18(13)27-22/h4,6,11-12H,3,5,7-10H2,1-2H3,(H2,24,32)(H,25,26,27). The Balaban J connectivity index is 1.41. The van der Waals surface area contributed by atoms with Crippen molar-refractivity contribution in [1.82, 2.24) is 24.6 Å². The maximum Gasteiger partial charge on any atom is 0.269 e. The number of likely N-dealkylation sites (N-methyl/N-ethyl adjacent to an activating group) is 1. The quantitative estimate of drug-likeness (QED) is 0.570. The van der Waals surface area contributed by atoms with Crippen LogP contribution in [0.25, 0.3) is 11.4 Å². The second-order valence-corrected chi connectivity index (χ2v) is 9.17. The third kappa shape index (κ3) is 3.73. The van der Waals surface area contributed by atoms with Crippen molar-refractivity contribution in [2.24, 2.45) is 12.8 Å². The predicted molar refractivity (Wildman–Crippen MR) is 127 cm³/mol. The fourth-order valence-electron chi connectivity index (χ4n) is 4.43. The topological polar surface area (TPSA) is 105 Å². The number of piperazine rings is 1. The van der Waals surface area contributed by atoms with Crippen molar-refractivity contribution in [3.63, 3.8) is 0 Å². The highest BCUT2D eigenvalue weighted by Gasteiger charge is 2.28. The molecule has 3 aromatic rings. The van der Waals surface area contributed by atoms with E-state index < -0.39 is 5.91 Å². The Morgan fingerprint density at radius 2 is 1.94 bits per heavy atom. The minimum absolute atomic E-state index is 0.324. The Bertz CT molecular complexity index is 1200. The number of aryl methyl sites for hydroxylation is 2. The largest absolute Gasteiger partial charge is 0.368 e. The van der Waals surface area contributed by atoms with Crippen LogP contribution >= 0.6 is 15.9 Å². The minimum atomic E-state index is -0.511. The summed E-state index contributed by atoms with van der Waals surface area (Å²) < 4.78 is 2.72. The number of nitrogens with zero attached hydrogens (tertiary/aromatic N) is 6. The van der Waals surface area contributed by atoms with Crippen LogP contribution in [-0.2, 0) is 19.9 Å². The van der Waals surface area contributed by atoms with Crippen LogP contribution in [0.15, 0.2) is 28.9 Å².